The molecule has 0 bridgehead atoms. The Morgan fingerprint density at radius 3 is 2.60 bits per heavy atom. The van der Waals surface area contributed by atoms with Crippen LogP contribution in [0.1, 0.15) is 17.7 Å². The molecule has 0 spiro atoms. The maximum absolute atomic E-state index is 13.0. The lowest BCUT2D eigenvalue weighted by atomic mass is 10.1. The first kappa shape index (κ1) is 23.5. The first-order valence-corrected chi connectivity index (χ1v) is 11.7. The van der Waals surface area contributed by atoms with Crippen LogP contribution in [-0.4, -0.2) is 56.1 Å². The summed E-state index contributed by atoms with van der Waals surface area (Å²) in [7, 11) is 0. The van der Waals surface area contributed by atoms with Gasteiger partial charge >= 0.3 is 6.18 Å². The molecule has 2 aromatic carbocycles. The van der Waals surface area contributed by atoms with E-state index in [4.69, 9.17) is 14.0 Å². The number of rotatable bonds is 8. The Kier molecular flexibility index (Phi) is 6.83. The number of alkyl halides is 3. The zero-order valence-corrected chi connectivity index (χ0v) is 19.2. The Labute approximate surface area is 201 Å². The van der Waals surface area contributed by atoms with Gasteiger partial charge in [0.2, 0.25) is 6.79 Å². The number of halogens is 3. The topological polar surface area (TPSA) is 63.0 Å². The van der Waals surface area contributed by atoms with Gasteiger partial charge in [0.25, 0.3) is 0 Å². The van der Waals surface area contributed by atoms with Crippen LogP contribution in [0.2, 0.25) is 0 Å². The Balaban J connectivity index is 1.01. The van der Waals surface area contributed by atoms with E-state index in [0.29, 0.717) is 18.0 Å². The van der Waals surface area contributed by atoms with Crippen molar-refractivity contribution in [3.63, 3.8) is 0 Å². The number of piperazine rings is 1. The molecule has 5 rings (SSSR count). The van der Waals surface area contributed by atoms with E-state index < -0.39 is 11.7 Å². The third-order valence-corrected chi connectivity index (χ3v) is 6.27. The zero-order valence-electron chi connectivity index (χ0n) is 19.2. The molecule has 10 heteroatoms. The summed E-state index contributed by atoms with van der Waals surface area (Å²) in [5, 5.41) is 7.53. The molecule has 0 atom stereocenters. The van der Waals surface area contributed by atoms with E-state index >= 15 is 0 Å². The Morgan fingerprint density at radius 2 is 1.77 bits per heavy atom. The molecular formula is C25H27F3N4O3. The number of hydrogen-bond donors (Lipinski definition) is 1. The number of nitrogens with one attached hydrogen (secondary N) is 1. The predicted octanol–water partition coefficient (Wildman–Crippen LogP) is 4.39. The highest BCUT2D eigenvalue weighted by molar-refractivity contribution is 5.64. The van der Waals surface area contributed by atoms with Gasteiger partial charge in [-0.2, -0.15) is 13.2 Å². The van der Waals surface area contributed by atoms with Crippen LogP contribution in [-0.2, 0) is 12.7 Å². The van der Waals surface area contributed by atoms with Gasteiger partial charge in [0.05, 0.1) is 12.1 Å². The lowest BCUT2D eigenvalue weighted by Crippen LogP contribution is -2.47. The van der Waals surface area contributed by atoms with Crippen molar-refractivity contribution in [1.82, 2.24) is 15.4 Å². The second-order valence-corrected chi connectivity index (χ2v) is 8.65. The third-order valence-electron chi connectivity index (χ3n) is 6.27. The molecular weight excluding hydrogens is 461 g/mol. The number of nitrogens with zero attached hydrogens (tertiary/aromatic N) is 3. The molecule has 1 N–H and O–H groups in total. The average Bonchev–Trinajstić information content (AvgIpc) is 3.53. The normalized spacial score (nSPS) is 16.1. The molecule has 0 radical (unpaired) electrons. The van der Waals surface area contributed by atoms with E-state index in [1.165, 1.54) is 12.1 Å². The molecule has 2 aliphatic rings. The average molecular weight is 489 g/mol. The Bertz CT molecular complexity index is 1140. The van der Waals surface area contributed by atoms with Crippen LogP contribution in [0.15, 0.2) is 53.1 Å². The fourth-order valence-electron chi connectivity index (χ4n) is 4.34. The van der Waals surface area contributed by atoms with Gasteiger partial charge in [-0.1, -0.05) is 11.2 Å². The summed E-state index contributed by atoms with van der Waals surface area (Å²) >= 11 is 0. The van der Waals surface area contributed by atoms with Crippen LogP contribution in [0.3, 0.4) is 0 Å². The van der Waals surface area contributed by atoms with E-state index in [-0.39, 0.29) is 6.79 Å². The summed E-state index contributed by atoms with van der Waals surface area (Å²) in [6, 6.07) is 13.2. The molecule has 1 saturated heterocycles. The fraction of sp³-hybridized carbons (Fsp3) is 0.400. The first-order valence-electron chi connectivity index (χ1n) is 11.7. The lowest BCUT2D eigenvalue weighted by molar-refractivity contribution is -0.137. The number of hydrogen-bond acceptors (Lipinski definition) is 7. The second-order valence-electron chi connectivity index (χ2n) is 8.65. The molecule has 0 saturated carbocycles. The minimum Gasteiger partial charge on any atom is -0.454 e. The van der Waals surface area contributed by atoms with E-state index in [0.717, 1.165) is 74.5 Å². The predicted molar refractivity (Wildman–Crippen MR) is 124 cm³/mol. The van der Waals surface area contributed by atoms with Gasteiger partial charge in [-0.15, -0.1) is 0 Å². The molecule has 0 unspecified atom stereocenters. The highest BCUT2D eigenvalue weighted by Gasteiger charge is 2.31. The van der Waals surface area contributed by atoms with Crippen molar-refractivity contribution < 1.29 is 27.2 Å². The lowest BCUT2D eigenvalue weighted by Gasteiger charge is -2.36. The van der Waals surface area contributed by atoms with E-state index in [1.54, 1.807) is 6.07 Å². The zero-order chi connectivity index (χ0) is 24.3. The molecule has 0 amide bonds. The number of aromatic nitrogens is 1. The van der Waals surface area contributed by atoms with Crippen molar-refractivity contribution in [3.05, 3.63) is 59.9 Å². The molecule has 186 valence electrons. The summed E-state index contributed by atoms with van der Waals surface area (Å²) < 4.78 is 55.1. The molecule has 3 aromatic rings. The van der Waals surface area contributed by atoms with E-state index in [2.05, 4.69) is 15.4 Å². The van der Waals surface area contributed by atoms with Gasteiger partial charge in [0.15, 0.2) is 17.3 Å². The molecule has 2 aliphatic heterocycles. The monoisotopic (exact) mass is 488 g/mol. The molecule has 35 heavy (non-hydrogen) atoms. The molecule has 1 fully saturated rings. The number of ether oxygens (including phenoxy) is 2. The van der Waals surface area contributed by atoms with Crippen LogP contribution >= 0.6 is 0 Å². The van der Waals surface area contributed by atoms with Crippen LogP contribution in [0.5, 0.6) is 11.5 Å². The standard InChI is InChI=1S/C25H27F3N4O3/c26-25(27,28)19-3-1-4-20(14-19)32-11-9-31(10-12-32)8-2-7-29-16-21-15-22(30-35-21)18-5-6-23-24(13-18)34-17-33-23/h1,3-6,13-15,29H,2,7-12,16-17H2. The molecule has 0 aliphatic carbocycles. The van der Waals surface area contributed by atoms with Gasteiger partial charge in [0.1, 0.15) is 5.69 Å². The number of fused-ring (bicyclic) bond motifs is 1. The van der Waals surface area contributed by atoms with Crippen molar-refractivity contribution in [3.8, 4) is 22.8 Å². The van der Waals surface area contributed by atoms with Crippen LogP contribution in [0, 0.1) is 0 Å². The highest BCUT2D eigenvalue weighted by Crippen LogP contribution is 2.35. The van der Waals surface area contributed by atoms with Gasteiger partial charge in [-0.3, -0.25) is 4.90 Å². The molecule has 1 aromatic heterocycles. The SMILES string of the molecule is FC(F)(F)c1cccc(N2CCN(CCCNCc3cc(-c4ccc5c(c4)OCO5)no3)CC2)c1. The van der Waals surface area contributed by atoms with Gasteiger partial charge in [-0.05, 0) is 55.9 Å². The third kappa shape index (κ3) is 5.71. The Hall–Kier alpha value is -3.24. The van der Waals surface area contributed by atoms with Gasteiger partial charge in [-0.25, -0.2) is 0 Å². The molecule has 3 heterocycles. The summed E-state index contributed by atoms with van der Waals surface area (Å²) in [6.45, 7) is 5.68. The minimum atomic E-state index is -4.32. The summed E-state index contributed by atoms with van der Waals surface area (Å²) in [5.74, 6) is 2.20. The second kappa shape index (κ2) is 10.2. The maximum Gasteiger partial charge on any atom is 0.416 e. The van der Waals surface area contributed by atoms with Gasteiger partial charge in [0, 0.05) is 43.5 Å². The number of benzene rings is 2. The van der Waals surface area contributed by atoms with Crippen molar-refractivity contribution >= 4 is 5.69 Å². The van der Waals surface area contributed by atoms with Crippen molar-refractivity contribution in [1.29, 1.82) is 0 Å². The smallest absolute Gasteiger partial charge is 0.416 e. The van der Waals surface area contributed by atoms with E-state index in [1.807, 2.05) is 29.2 Å². The summed E-state index contributed by atoms with van der Waals surface area (Å²) in [5.41, 5.74) is 1.69. The quantitative estimate of drug-likeness (QED) is 0.472. The summed E-state index contributed by atoms with van der Waals surface area (Å²) in [4.78, 5) is 4.36. The van der Waals surface area contributed by atoms with E-state index in [9.17, 15) is 13.2 Å². The summed E-state index contributed by atoms with van der Waals surface area (Å²) in [6.07, 6.45) is -3.35. The minimum absolute atomic E-state index is 0.234. The van der Waals surface area contributed by atoms with Crippen molar-refractivity contribution in [2.45, 2.75) is 19.1 Å². The van der Waals surface area contributed by atoms with Gasteiger partial charge < -0.3 is 24.2 Å². The first-order chi connectivity index (χ1) is 17.0. The number of anilines is 1. The van der Waals surface area contributed by atoms with Crippen LogP contribution < -0.4 is 19.7 Å². The Morgan fingerprint density at radius 1 is 0.943 bits per heavy atom. The molecule has 7 nitrogen and oxygen atoms in total. The van der Waals surface area contributed by atoms with Crippen molar-refractivity contribution in [2.75, 3.05) is 51.0 Å². The fourth-order valence-corrected chi connectivity index (χ4v) is 4.34. The van der Waals surface area contributed by atoms with Crippen LogP contribution in [0.25, 0.3) is 11.3 Å². The largest absolute Gasteiger partial charge is 0.454 e. The van der Waals surface area contributed by atoms with Crippen LogP contribution in [0.4, 0.5) is 18.9 Å². The van der Waals surface area contributed by atoms with Crippen molar-refractivity contribution in [2.24, 2.45) is 0 Å². The maximum atomic E-state index is 13.0. The highest BCUT2D eigenvalue weighted by atomic mass is 19.4.